The third-order valence-electron chi connectivity index (χ3n) is 7.35. The number of thiophene rings is 1. The van der Waals surface area contributed by atoms with E-state index in [1.807, 2.05) is 11.3 Å². The second kappa shape index (κ2) is 7.55. The summed E-state index contributed by atoms with van der Waals surface area (Å²) in [6, 6.07) is 46.4. The highest BCUT2D eigenvalue weighted by atomic mass is 32.1. The minimum atomic E-state index is 1.19. The number of hydrogen-bond acceptors (Lipinski definition) is 1. The average Bonchev–Trinajstić information content (AvgIpc) is 3.47. The number of rotatable bonds is 2. The molecule has 0 atom stereocenters. The fourth-order valence-electron chi connectivity index (χ4n) is 5.74. The highest BCUT2D eigenvalue weighted by Crippen LogP contribution is 2.44. The van der Waals surface area contributed by atoms with Gasteiger partial charge in [-0.15, -0.1) is 11.3 Å². The van der Waals surface area contributed by atoms with Gasteiger partial charge in [-0.25, -0.2) is 0 Å². The molecule has 0 amide bonds. The van der Waals surface area contributed by atoms with E-state index in [0.29, 0.717) is 0 Å². The molecule has 0 bridgehead atoms. The monoisotopic (exact) mass is 475 g/mol. The molecule has 0 fully saturated rings. The van der Waals surface area contributed by atoms with Crippen molar-refractivity contribution in [2.24, 2.45) is 0 Å². The maximum Gasteiger partial charge on any atom is 0.0548 e. The summed E-state index contributed by atoms with van der Waals surface area (Å²) >= 11 is 1.90. The Hall–Kier alpha value is -4.40. The Morgan fingerprint density at radius 2 is 1.19 bits per heavy atom. The number of nitrogens with zero attached hydrogens (tertiary/aromatic N) is 1. The molecule has 36 heavy (non-hydrogen) atoms. The van der Waals surface area contributed by atoms with Gasteiger partial charge in [0.15, 0.2) is 0 Å². The molecule has 0 saturated carbocycles. The molecule has 0 N–H and O–H groups in total. The number of fused-ring (bicyclic) bond motifs is 8. The molecular formula is C34H21NS. The highest BCUT2D eigenvalue weighted by Gasteiger charge is 2.18. The van der Waals surface area contributed by atoms with Crippen LogP contribution in [0.4, 0.5) is 0 Å². The van der Waals surface area contributed by atoms with Crippen LogP contribution < -0.4 is 0 Å². The topological polar surface area (TPSA) is 4.93 Å². The summed E-state index contributed by atoms with van der Waals surface area (Å²) in [5, 5.41) is 7.95. The summed E-state index contributed by atoms with van der Waals surface area (Å²) < 4.78 is 5.12. The molecular weight excluding hydrogens is 454 g/mol. The molecule has 6 aromatic carbocycles. The third-order valence-corrected chi connectivity index (χ3v) is 8.47. The van der Waals surface area contributed by atoms with Crippen LogP contribution in [0.2, 0.25) is 0 Å². The normalized spacial score (nSPS) is 11.9. The molecule has 168 valence electrons. The molecule has 0 unspecified atom stereocenters. The van der Waals surface area contributed by atoms with E-state index in [4.69, 9.17) is 0 Å². The SMILES string of the molecule is c1ccc(-c2cccc(-n3c4ccccc4c4c5c(ccc43)sc3cc4ccccc4cc35)c2)cc1. The predicted octanol–water partition coefficient (Wildman–Crippen LogP) is 9.97. The summed E-state index contributed by atoms with van der Waals surface area (Å²) in [5.74, 6) is 0. The zero-order valence-corrected chi connectivity index (χ0v) is 20.3. The number of benzene rings is 6. The van der Waals surface area contributed by atoms with Gasteiger partial charge >= 0.3 is 0 Å². The van der Waals surface area contributed by atoms with Crippen molar-refractivity contribution in [3.05, 3.63) is 127 Å². The molecule has 0 saturated heterocycles. The maximum atomic E-state index is 2.43. The molecule has 0 aliphatic heterocycles. The van der Waals surface area contributed by atoms with Crippen molar-refractivity contribution in [3.63, 3.8) is 0 Å². The molecule has 8 aromatic rings. The van der Waals surface area contributed by atoms with Crippen LogP contribution in [-0.2, 0) is 0 Å². The van der Waals surface area contributed by atoms with Gasteiger partial charge < -0.3 is 4.57 Å². The summed E-state index contributed by atoms with van der Waals surface area (Å²) in [4.78, 5) is 0. The summed E-state index contributed by atoms with van der Waals surface area (Å²) in [7, 11) is 0. The van der Waals surface area contributed by atoms with E-state index in [0.717, 1.165) is 0 Å². The summed E-state index contributed by atoms with van der Waals surface area (Å²) in [5.41, 5.74) is 6.14. The van der Waals surface area contributed by atoms with Crippen molar-refractivity contribution in [2.45, 2.75) is 0 Å². The van der Waals surface area contributed by atoms with Crippen LogP contribution in [-0.4, -0.2) is 4.57 Å². The van der Waals surface area contributed by atoms with Gasteiger partial charge in [0.05, 0.1) is 11.0 Å². The van der Waals surface area contributed by atoms with Crippen LogP contribution in [0.3, 0.4) is 0 Å². The van der Waals surface area contributed by atoms with E-state index in [-0.39, 0.29) is 0 Å². The molecule has 0 aliphatic rings. The van der Waals surface area contributed by atoms with Crippen LogP contribution in [0.15, 0.2) is 127 Å². The fraction of sp³-hybridized carbons (Fsp3) is 0. The molecule has 0 spiro atoms. The first-order valence-corrected chi connectivity index (χ1v) is 13.1. The molecule has 2 heteroatoms. The van der Waals surface area contributed by atoms with Crippen LogP contribution in [0, 0.1) is 0 Å². The second-order valence-electron chi connectivity index (χ2n) is 9.40. The van der Waals surface area contributed by atoms with Crippen molar-refractivity contribution in [3.8, 4) is 16.8 Å². The first-order valence-electron chi connectivity index (χ1n) is 12.3. The predicted molar refractivity (Wildman–Crippen MR) is 157 cm³/mol. The minimum Gasteiger partial charge on any atom is -0.309 e. The van der Waals surface area contributed by atoms with Gasteiger partial charge in [0.25, 0.3) is 0 Å². The van der Waals surface area contributed by atoms with E-state index in [9.17, 15) is 0 Å². The summed E-state index contributed by atoms with van der Waals surface area (Å²) in [6.07, 6.45) is 0. The second-order valence-corrected chi connectivity index (χ2v) is 10.5. The maximum absolute atomic E-state index is 2.43. The fourth-order valence-corrected chi connectivity index (χ4v) is 6.89. The number of aromatic nitrogens is 1. The first kappa shape index (κ1) is 19.9. The van der Waals surface area contributed by atoms with E-state index in [2.05, 4.69) is 132 Å². The van der Waals surface area contributed by atoms with Crippen molar-refractivity contribution in [1.29, 1.82) is 0 Å². The first-order chi connectivity index (χ1) is 17.8. The van der Waals surface area contributed by atoms with Gasteiger partial charge in [-0.05, 0) is 64.4 Å². The smallest absolute Gasteiger partial charge is 0.0548 e. The molecule has 2 heterocycles. The van der Waals surface area contributed by atoms with Crippen LogP contribution >= 0.6 is 11.3 Å². The van der Waals surface area contributed by atoms with Crippen LogP contribution in [0.1, 0.15) is 0 Å². The van der Waals surface area contributed by atoms with Crippen LogP contribution in [0.25, 0.3) is 69.6 Å². The number of hydrogen-bond donors (Lipinski definition) is 0. The van der Waals surface area contributed by atoms with Gasteiger partial charge in [-0.2, -0.15) is 0 Å². The molecule has 2 aromatic heterocycles. The Balaban J connectivity index is 1.50. The Labute approximate surface area is 212 Å². The third kappa shape index (κ3) is 2.82. The molecule has 0 radical (unpaired) electrons. The lowest BCUT2D eigenvalue weighted by molar-refractivity contribution is 1.18. The standard InChI is InChI=1S/C34H21NS/c1-2-9-22(10-3-1)23-13-8-14-26(19-23)35-29-16-7-6-15-27(29)33-30(35)17-18-31-34(33)28-20-24-11-4-5-12-25(24)21-32(28)36-31/h1-21H. The lowest BCUT2D eigenvalue weighted by Crippen LogP contribution is -1.94. The van der Waals surface area contributed by atoms with Crippen LogP contribution in [0.5, 0.6) is 0 Å². The van der Waals surface area contributed by atoms with E-state index >= 15 is 0 Å². The largest absolute Gasteiger partial charge is 0.309 e. The van der Waals surface area contributed by atoms with Crippen molar-refractivity contribution < 1.29 is 0 Å². The lowest BCUT2D eigenvalue weighted by Gasteiger charge is -2.10. The zero-order valence-electron chi connectivity index (χ0n) is 19.5. The van der Waals surface area contributed by atoms with Gasteiger partial charge in [-0.1, -0.05) is 84.9 Å². The Kier molecular flexibility index (Phi) is 4.16. The van der Waals surface area contributed by atoms with Gasteiger partial charge in [-0.3, -0.25) is 0 Å². The lowest BCUT2D eigenvalue weighted by atomic mass is 10.0. The van der Waals surface area contributed by atoms with Gasteiger partial charge in [0.2, 0.25) is 0 Å². The van der Waals surface area contributed by atoms with E-state index < -0.39 is 0 Å². The molecule has 8 rings (SSSR count). The van der Waals surface area contributed by atoms with Crippen molar-refractivity contribution in [1.82, 2.24) is 4.57 Å². The Bertz CT molecular complexity index is 2090. The summed E-state index contributed by atoms with van der Waals surface area (Å²) in [6.45, 7) is 0. The quantitative estimate of drug-likeness (QED) is 0.234. The average molecular weight is 476 g/mol. The van der Waals surface area contributed by atoms with E-state index in [1.165, 1.54) is 69.6 Å². The Morgan fingerprint density at radius 3 is 2.08 bits per heavy atom. The molecule has 0 aliphatic carbocycles. The number of para-hydroxylation sites is 1. The zero-order chi connectivity index (χ0) is 23.6. The molecule has 1 nitrogen and oxygen atoms in total. The highest BCUT2D eigenvalue weighted by molar-refractivity contribution is 7.26. The van der Waals surface area contributed by atoms with Crippen molar-refractivity contribution >= 4 is 64.1 Å². The Morgan fingerprint density at radius 1 is 0.444 bits per heavy atom. The van der Waals surface area contributed by atoms with Gasteiger partial charge in [0, 0.05) is 36.6 Å². The van der Waals surface area contributed by atoms with E-state index in [1.54, 1.807) is 0 Å². The van der Waals surface area contributed by atoms with Crippen molar-refractivity contribution in [2.75, 3.05) is 0 Å². The minimum absolute atomic E-state index is 1.19. The van der Waals surface area contributed by atoms with Gasteiger partial charge in [0.1, 0.15) is 0 Å².